The van der Waals surface area contributed by atoms with Crippen molar-refractivity contribution in [2.45, 2.75) is 41.5 Å². The zero-order valence-corrected chi connectivity index (χ0v) is 28.3. The molecule has 3 N–H and O–H groups in total. The van der Waals surface area contributed by atoms with E-state index in [4.69, 9.17) is 9.47 Å². The highest BCUT2D eigenvalue weighted by Crippen LogP contribution is 2.43. The molecule has 254 valence electrons. The van der Waals surface area contributed by atoms with Gasteiger partial charge in [0.15, 0.2) is 6.54 Å². The average Bonchev–Trinajstić information content (AvgIpc) is 3.02. The number of aliphatic hydroxyl groups excluding tert-OH is 1. The number of likely N-dealkylation sites (N-methyl/N-ethyl adjacent to an activating group) is 2. The van der Waals surface area contributed by atoms with E-state index in [9.17, 15) is 29.1 Å². The van der Waals surface area contributed by atoms with Crippen LogP contribution in [0.25, 0.3) is 5.57 Å². The Kier molecular flexibility index (Phi) is 12.6. The standard InChI is InChI=1S/C36H42N4O8/c1-9-39(15-17-47-35(45)21(3)4)25-11-13-27(29(19-25)37-23(7)41)31-33(43)32(34(31)44)28-14-12-26(20-30(28)38-24(8)42)40(10-2)16-18-48-36(46)22(5)6/h11-14,19-20H,3,5,9-10,15-18H2,1-2,4,6-8H3,(H2,37,38,41,42,43,44)/p+1. The van der Waals surface area contributed by atoms with Crippen LogP contribution in [0, 0.1) is 0 Å². The summed E-state index contributed by atoms with van der Waals surface area (Å²) in [6, 6.07) is 5.08. The largest absolute Gasteiger partial charge is 0.506 e. The number of ether oxygens (including phenoxy) is 2. The number of carbonyl (C=O) groups excluding carboxylic acids is 5. The number of Topliss-reactive ketones (excluding diaryl/α,β-unsaturated/α-hetero) is 1. The zero-order chi connectivity index (χ0) is 35.7. The van der Waals surface area contributed by atoms with Crippen LogP contribution < -0.4 is 15.5 Å². The van der Waals surface area contributed by atoms with Gasteiger partial charge in [0.2, 0.25) is 23.3 Å². The van der Waals surface area contributed by atoms with Gasteiger partial charge < -0.3 is 30.1 Å². The average molecular weight is 660 g/mol. The van der Waals surface area contributed by atoms with Gasteiger partial charge in [-0.3, -0.25) is 14.4 Å². The Hall–Kier alpha value is -5.52. The lowest BCUT2D eigenvalue weighted by Crippen LogP contribution is -2.31. The molecule has 0 unspecified atom stereocenters. The number of aliphatic hydroxyl groups is 1. The van der Waals surface area contributed by atoms with Crippen molar-refractivity contribution in [3.8, 4) is 0 Å². The predicted octanol–water partition coefficient (Wildman–Crippen LogP) is 3.92. The van der Waals surface area contributed by atoms with Crippen LogP contribution in [0.2, 0.25) is 0 Å². The highest BCUT2D eigenvalue weighted by molar-refractivity contribution is 6.40. The molecule has 1 aromatic rings. The molecule has 1 aromatic carbocycles. The second-order valence-corrected chi connectivity index (χ2v) is 11.2. The van der Waals surface area contributed by atoms with Gasteiger partial charge in [0.25, 0.3) is 0 Å². The summed E-state index contributed by atoms with van der Waals surface area (Å²) in [5, 5.41) is 16.8. The number of rotatable bonds is 14. The first-order valence-electron chi connectivity index (χ1n) is 15.5. The number of anilines is 2. The molecule has 0 atom stereocenters. The Bertz CT molecular complexity index is 1720. The number of ketones is 1. The third-order valence-corrected chi connectivity index (χ3v) is 7.47. The van der Waals surface area contributed by atoms with Crippen molar-refractivity contribution in [1.29, 1.82) is 0 Å². The fraction of sp³-hybridized carbons (Fsp3) is 0.333. The monoisotopic (exact) mass is 659 g/mol. The van der Waals surface area contributed by atoms with Gasteiger partial charge in [-0.1, -0.05) is 13.2 Å². The Morgan fingerprint density at radius 2 is 1.52 bits per heavy atom. The van der Waals surface area contributed by atoms with Crippen LogP contribution in [-0.2, 0) is 33.4 Å². The van der Waals surface area contributed by atoms with Crippen LogP contribution in [0.5, 0.6) is 0 Å². The van der Waals surface area contributed by atoms with Crippen molar-refractivity contribution in [2.75, 3.05) is 49.6 Å². The number of amides is 2. The first-order chi connectivity index (χ1) is 22.7. The molecule has 12 heteroatoms. The molecule has 3 rings (SSSR count). The molecule has 2 aliphatic carbocycles. The zero-order valence-electron chi connectivity index (χ0n) is 28.3. The minimum atomic E-state index is -0.487. The maximum absolute atomic E-state index is 13.7. The quantitative estimate of drug-likeness (QED) is 0.153. The summed E-state index contributed by atoms with van der Waals surface area (Å²) in [6.07, 6.45) is 5.08. The van der Waals surface area contributed by atoms with E-state index < -0.39 is 17.7 Å². The minimum Gasteiger partial charge on any atom is -0.506 e. The molecule has 0 saturated heterocycles. The molecule has 0 spiro atoms. The van der Waals surface area contributed by atoms with Crippen molar-refractivity contribution in [3.63, 3.8) is 0 Å². The van der Waals surface area contributed by atoms with Crippen molar-refractivity contribution < 1.29 is 43.1 Å². The number of allylic oxidation sites excluding steroid dienone is 5. The van der Waals surface area contributed by atoms with Crippen LogP contribution in [0.15, 0.2) is 83.3 Å². The van der Waals surface area contributed by atoms with E-state index >= 15 is 0 Å². The molecule has 2 amide bonds. The van der Waals surface area contributed by atoms with Gasteiger partial charge in [0, 0.05) is 60.5 Å². The summed E-state index contributed by atoms with van der Waals surface area (Å²) in [4.78, 5) is 63.5. The van der Waals surface area contributed by atoms with E-state index in [1.807, 2.05) is 23.3 Å². The molecule has 0 aromatic heterocycles. The van der Waals surface area contributed by atoms with Gasteiger partial charge in [-0.2, -0.15) is 0 Å². The lowest BCUT2D eigenvalue weighted by molar-refractivity contribution is -0.524. The number of nitrogens with one attached hydrogen (secondary N) is 2. The topological polar surface area (TPSA) is 154 Å². The molecular weight excluding hydrogens is 616 g/mol. The van der Waals surface area contributed by atoms with Crippen LogP contribution in [-0.4, -0.2) is 84.3 Å². The normalized spacial score (nSPS) is 16.4. The molecule has 12 nitrogen and oxygen atoms in total. The highest BCUT2D eigenvalue weighted by Gasteiger charge is 2.39. The van der Waals surface area contributed by atoms with Gasteiger partial charge in [-0.15, -0.1) is 0 Å². The summed E-state index contributed by atoms with van der Waals surface area (Å²) in [6.45, 7) is 18.9. The summed E-state index contributed by atoms with van der Waals surface area (Å²) in [7, 11) is 0. The van der Waals surface area contributed by atoms with E-state index in [2.05, 4.69) is 23.8 Å². The van der Waals surface area contributed by atoms with Crippen LogP contribution >= 0.6 is 0 Å². The Morgan fingerprint density at radius 3 is 2.06 bits per heavy atom. The SMILES string of the molecule is C=C(C)C(=O)OCCN(CC)c1ccc(C2=C(O)/C(=C3/C=CC(=[N+](CC)CCOC(=O)C(=C)C)C=C3NC(C)=O)C2=O)c(NC(C)=O)c1. The summed E-state index contributed by atoms with van der Waals surface area (Å²) >= 11 is 0. The van der Waals surface area contributed by atoms with Crippen molar-refractivity contribution in [3.05, 3.63) is 88.9 Å². The Morgan fingerprint density at radius 1 is 0.896 bits per heavy atom. The number of hydrogen-bond acceptors (Lipinski definition) is 9. The number of esters is 2. The fourth-order valence-corrected chi connectivity index (χ4v) is 5.07. The molecule has 2 aliphatic rings. The van der Waals surface area contributed by atoms with Crippen molar-refractivity contribution in [1.82, 2.24) is 5.32 Å². The highest BCUT2D eigenvalue weighted by atomic mass is 16.5. The van der Waals surface area contributed by atoms with E-state index in [-0.39, 0.29) is 41.9 Å². The Labute approximate surface area is 280 Å². The first-order valence-corrected chi connectivity index (χ1v) is 15.5. The number of nitrogens with zero attached hydrogens (tertiary/aromatic N) is 2. The van der Waals surface area contributed by atoms with E-state index in [0.29, 0.717) is 71.2 Å². The maximum Gasteiger partial charge on any atom is 0.333 e. The summed E-state index contributed by atoms with van der Waals surface area (Å²) in [5.74, 6) is -2.47. The van der Waals surface area contributed by atoms with Crippen LogP contribution in [0.4, 0.5) is 11.4 Å². The molecule has 48 heavy (non-hydrogen) atoms. The molecule has 0 aliphatic heterocycles. The second-order valence-electron chi connectivity index (χ2n) is 11.2. The maximum atomic E-state index is 13.7. The second kappa shape index (κ2) is 16.3. The lowest BCUT2D eigenvalue weighted by Gasteiger charge is -2.28. The van der Waals surface area contributed by atoms with Gasteiger partial charge in [-0.25, -0.2) is 14.2 Å². The summed E-state index contributed by atoms with van der Waals surface area (Å²) < 4.78 is 12.4. The van der Waals surface area contributed by atoms with E-state index in [1.165, 1.54) is 13.8 Å². The third kappa shape index (κ3) is 8.84. The molecule has 0 heterocycles. The fourth-order valence-electron chi connectivity index (χ4n) is 5.07. The summed E-state index contributed by atoms with van der Waals surface area (Å²) in [5.41, 5.74) is 3.31. The van der Waals surface area contributed by atoms with E-state index in [1.54, 1.807) is 50.3 Å². The van der Waals surface area contributed by atoms with Crippen LogP contribution in [0.3, 0.4) is 0 Å². The van der Waals surface area contributed by atoms with E-state index in [0.717, 1.165) is 0 Å². The predicted molar refractivity (Wildman–Crippen MR) is 183 cm³/mol. The Balaban J connectivity index is 2.00. The molecule has 0 radical (unpaired) electrons. The molecular formula is C36H43N4O8+. The van der Waals surface area contributed by atoms with Gasteiger partial charge in [-0.05, 0) is 52.0 Å². The lowest BCUT2D eigenvalue weighted by atomic mass is 9.78. The van der Waals surface area contributed by atoms with Gasteiger partial charge in [0.05, 0.1) is 29.1 Å². The number of hydrogen-bond donors (Lipinski definition) is 3. The number of carbonyl (C=O) groups is 5. The first kappa shape index (κ1) is 36.9. The van der Waals surface area contributed by atoms with Gasteiger partial charge in [0.1, 0.15) is 25.5 Å². The smallest absolute Gasteiger partial charge is 0.333 e. The molecule has 0 fully saturated rings. The molecule has 0 bridgehead atoms. The van der Waals surface area contributed by atoms with Crippen molar-refractivity contribution in [2.24, 2.45) is 0 Å². The van der Waals surface area contributed by atoms with Gasteiger partial charge >= 0.3 is 11.9 Å². The third-order valence-electron chi connectivity index (χ3n) is 7.47. The van der Waals surface area contributed by atoms with Crippen molar-refractivity contribution >= 4 is 52.2 Å². The minimum absolute atomic E-state index is 0.0195. The van der Waals surface area contributed by atoms with Crippen LogP contribution in [0.1, 0.15) is 47.1 Å². The molecule has 0 saturated carbocycles. The number of benzene rings is 1.